The lowest BCUT2D eigenvalue weighted by Crippen LogP contribution is -2.36. The summed E-state index contributed by atoms with van der Waals surface area (Å²) in [6, 6.07) is 6.15. The lowest BCUT2D eigenvalue weighted by atomic mass is 10.0. The van der Waals surface area contributed by atoms with Crippen LogP contribution in [-0.2, 0) is 13.0 Å². The molecule has 0 aromatic carbocycles. The largest absolute Gasteiger partial charge is 0.472 e. The van der Waals surface area contributed by atoms with Gasteiger partial charge in [0, 0.05) is 37.1 Å². The Labute approximate surface area is 112 Å². The standard InChI is InChI=1S/C15H18N2O2/c18-15-3-6-17(10-13-4-7-19-11-13)14(15)8-12-2-1-5-16-9-12/h1-2,4-5,7,9,11,14-15,18H,3,6,8,10H2/t14-,15-/m1/s1. The Morgan fingerprint density at radius 1 is 1.37 bits per heavy atom. The molecule has 0 amide bonds. The second-order valence-electron chi connectivity index (χ2n) is 5.09. The normalized spacial score (nSPS) is 23.8. The van der Waals surface area contributed by atoms with Crippen molar-refractivity contribution < 1.29 is 9.52 Å². The summed E-state index contributed by atoms with van der Waals surface area (Å²) in [5.41, 5.74) is 2.33. The van der Waals surface area contributed by atoms with Crippen LogP contribution in [0.25, 0.3) is 0 Å². The lowest BCUT2D eigenvalue weighted by molar-refractivity contribution is 0.112. The number of rotatable bonds is 4. The van der Waals surface area contributed by atoms with Crippen molar-refractivity contribution in [3.05, 3.63) is 54.2 Å². The highest BCUT2D eigenvalue weighted by molar-refractivity contribution is 5.13. The van der Waals surface area contributed by atoms with Gasteiger partial charge in [-0.2, -0.15) is 0 Å². The predicted molar refractivity (Wildman–Crippen MR) is 71.5 cm³/mol. The second-order valence-corrected chi connectivity index (χ2v) is 5.09. The van der Waals surface area contributed by atoms with Gasteiger partial charge in [-0.1, -0.05) is 6.07 Å². The minimum atomic E-state index is -0.257. The molecule has 2 atom stereocenters. The Bertz CT molecular complexity index is 498. The number of hydrogen-bond acceptors (Lipinski definition) is 4. The molecule has 1 N–H and O–H groups in total. The van der Waals surface area contributed by atoms with Gasteiger partial charge in [0.05, 0.1) is 18.6 Å². The van der Waals surface area contributed by atoms with Gasteiger partial charge in [-0.25, -0.2) is 0 Å². The van der Waals surface area contributed by atoms with Crippen molar-refractivity contribution in [2.24, 2.45) is 0 Å². The molecule has 0 saturated carbocycles. The number of pyridine rings is 1. The van der Waals surface area contributed by atoms with Crippen molar-refractivity contribution in [2.45, 2.75) is 31.5 Å². The molecule has 1 saturated heterocycles. The molecule has 19 heavy (non-hydrogen) atoms. The quantitative estimate of drug-likeness (QED) is 0.909. The van der Waals surface area contributed by atoms with Crippen LogP contribution in [0.3, 0.4) is 0 Å². The summed E-state index contributed by atoms with van der Waals surface area (Å²) < 4.78 is 5.11. The fourth-order valence-electron chi connectivity index (χ4n) is 2.74. The Morgan fingerprint density at radius 3 is 3.05 bits per heavy atom. The Morgan fingerprint density at radius 2 is 2.32 bits per heavy atom. The van der Waals surface area contributed by atoms with Crippen molar-refractivity contribution >= 4 is 0 Å². The maximum absolute atomic E-state index is 10.2. The Hall–Kier alpha value is -1.65. The first-order chi connectivity index (χ1) is 9.33. The molecule has 2 aromatic heterocycles. The summed E-state index contributed by atoms with van der Waals surface area (Å²) in [5.74, 6) is 0. The van der Waals surface area contributed by atoms with Crippen LogP contribution < -0.4 is 0 Å². The zero-order valence-electron chi connectivity index (χ0n) is 10.8. The van der Waals surface area contributed by atoms with E-state index in [0.717, 1.165) is 31.5 Å². The van der Waals surface area contributed by atoms with Crippen LogP contribution in [0.2, 0.25) is 0 Å². The maximum Gasteiger partial charge on any atom is 0.0947 e. The van der Waals surface area contributed by atoms with Crippen LogP contribution in [0.4, 0.5) is 0 Å². The van der Waals surface area contributed by atoms with E-state index in [9.17, 15) is 5.11 Å². The monoisotopic (exact) mass is 258 g/mol. The highest BCUT2D eigenvalue weighted by atomic mass is 16.3. The molecule has 2 aromatic rings. The van der Waals surface area contributed by atoms with E-state index in [1.165, 1.54) is 5.56 Å². The van der Waals surface area contributed by atoms with Crippen molar-refractivity contribution in [3.8, 4) is 0 Å². The molecule has 1 fully saturated rings. The third kappa shape index (κ3) is 2.85. The van der Waals surface area contributed by atoms with Gasteiger partial charge in [0.25, 0.3) is 0 Å². The average molecular weight is 258 g/mol. The fourth-order valence-corrected chi connectivity index (χ4v) is 2.74. The summed E-state index contributed by atoms with van der Waals surface area (Å²) in [6.07, 6.45) is 8.53. The summed E-state index contributed by atoms with van der Waals surface area (Å²) in [7, 11) is 0. The van der Waals surface area contributed by atoms with Gasteiger partial charge in [0.15, 0.2) is 0 Å². The van der Waals surface area contributed by atoms with E-state index < -0.39 is 0 Å². The van der Waals surface area contributed by atoms with Crippen molar-refractivity contribution in [2.75, 3.05) is 6.54 Å². The smallest absolute Gasteiger partial charge is 0.0947 e. The van der Waals surface area contributed by atoms with Gasteiger partial charge in [0.2, 0.25) is 0 Å². The topological polar surface area (TPSA) is 49.5 Å². The van der Waals surface area contributed by atoms with Gasteiger partial charge in [-0.05, 0) is 30.5 Å². The summed E-state index contributed by atoms with van der Waals surface area (Å²) in [4.78, 5) is 6.46. The van der Waals surface area contributed by atoms with E-state index in [1.54, 1.807) is 18.7 Å². The highest BCUT2D eigenvalue weighted by Crippen LogP contribution is 2.23. The summed E-state index contributed by atoms with van der Waals surface area (Å²) in [6.45, 7) is 1.76. The van der Waals surface area contributed by atoms with Crippen LogP contribution >= 0.6 is 0 Å². The first kappa shape index (κ1) is 12.4. The first-order valence-electron chi connectivity index (χ1n) is 6.65. The lowest BCUT2D eigenvalue weighted by Gasteiger charge is -2.25. The molecule has 1 aliphatic rings. The number of aromatic nitrogens is 1. The maximum atomic E-state index is 10.2. The van der Waals surface area contributed by atoms with E-state index >= 15 is 0 Å². The van der Waals surface area contributed by atoms with Crippen LogP contribution in [0.15, 0.2) is 47.5 Å². The Balaban J connectivity index is 1.70. The van der Waals surface area contributed by atoms with Gasteiger partial charge >= 0.3 is 0 Å². The molecule has 0 bridgehead atoms. The van der Waals surface area contributed by atoms with E-state index in [-0.39, 0.29) is 12.1 Å². The highest BCUT2D eigenvalue weighted by Gasteiger charge is 2.32. The average Bonchev–Trinajstić information content (AvgIpc) is 3.05. The zero-order valence-corrected chi connectivity index (χ0v) is 10.8. The molecule has 4 nitrogen and oxygen atoms in total. The minimum Gasteiger partial charge on any atom is -0.472 e. The van der Waals surface area contributed by atoms with Crippen molar-refractivity contribution in [1.29, 1.82) is 0 Å². The number of likely N-dealkylation sites (tertiary alicyclic amines) is 1. The third-order valence-electron chi connectivity index (χ3n) is 3.76. The van der Waals surface area contributed by atoms with Crippen LogP contribution in [0.1, 0.15) is 17.5 Å². The summed E-state index contributed by atoms with van der Waals surface area (Å²) in [5, 5.41) is 10.2. The van der Waals surface area contributed by atoms with Crippen LogP contribution in [0, 0.1) is 0 Å². The zero-order chi connectivity index (χ0) is 13.1. The van der Waals surface area contributed by atoms with Gasteiger partial charge in [-0.15, -0.1) is 0 Å². The van der Waals surface area contributed by atoms with E-state index in [1.807, 2.05) is 18.3 Å². The van der Waals surface area contributed by atoms with Gasteiger partial charge in [0.1, 0.15) is 0 Å². The number of furan rings is 1. The third-order valence-corrected chi connectivity index (χ3v) is 3.76. The molecule has 0 aliphatic carbocycles. The van der Waals surface area contributed by atoms with E-state index in [4.69, 9.17) is 4.42 Å². The molecular weight excluding hydrogens is 240 g/mol. The second kappa shape index (κ2) is 5.55. The number of aliphatic hydroxyl groups excluding tert-OH is 1. The van der Waals surface area contributed by atoms with Crippen LogP contribution in [0.5, 0.6) is 0 Å². The molecule has 0 radical (unpaired) electrons. The first-order valence-corrected chi connectivity index (χ1v) is 6.65. The van der Waals surface area contributed by atoms with Gasteiger partial charge in [-0.3, -0.25) is 9.88 Å². The van der Waals surface area contributed by atoms with Gasteiger partial charge < -0.3 is 9.52 Å². The predicted octanol–water partition coefficient (Wildman–Crippen LogP) is 1.85. The molecule has 0 unspecified atom stereocenters. The minimum absolute atomic E-state index is 0.166. The van der Waals surface area contributed by atoms with Crippen molar-refractivity contribution in [1.82, 2.24) is 9.88 Å². The molecule has 4 heteroatoms. The van der Waals surface area contributed by atoms with Crippen molar-refractivity contribution in [3.63, 3.8) is 0 Å². The molecule has 0 spiro atoms. The number of aliphatic hydroxyl groups is 1. The fraction of sp³-hybridized carbons (Fsp3) is 0.400. The summed E-state index contributed by atoms with van der Waals surface area (Å²) >= 11 is 0. The molecular formula is C15H18N2O2. The molecule has 100 valence electrons. The number of nitrogens with zero attached hydrogens (tertiary/aromatic N) is 2. The molecule has 3 rings (SSSR count). The molecule has 1 aliphatic heterocycles. The number of hydrogen-bond donors (Lipinski definition) is 1. The van der Waals surface area contributed by atoms with E-state index in [2.05, 4.69) is 16.0 Å². The van der Waals surface area contributed by atoms with E-state index in [0.29, 0.717) is 0 Å². The molecule has 3 heterocycles. The SMILES string of the molecule is O[C@@H]1CCN(Cc2ccoc2)[C@@H]1Cc1cccnc1. The van der Waals surface area contributed by atoms with Crippen LogP contribution in [-0.4, -0.2) is 33.7 Å². The Kier molecular flexibility index (Phi) is 3.62.